The van der Waals surface area contributed by atoms with Crippen LogP contribution in [0.25, 0.3) is 0 Å². The number of carbonyl (C=O) groups excluding carboxylic acids is 2. The Hall–Kier alpha value is -0.491. The second-order valence-electron chi connectivity index (χ2n) is 1.58. The predicted octanol–water partition coefficient (Wildman–Crippen LogP) is -0.362. The normalized spacial score (nSPS) is 7.25. The molecule has 0 aliphatic carbocycles. The van der Waals surface area contributed by atoms with Gasteiger partial charge in [-0.15, -0.1) is 0 Å². The first-order valence-electron chi connectivity index (χ1n) is 2.12. The summed E-state index contributed by atoms with van der Waals surface area (Å²) in [5, 5.41) is 0. The zero-order valence-corrected chi connectivity index (χ0v) is 4.52. The quantitative estimate of drug-likeness (QED) is 0.360. The van der Waals surface area contributed by atoms with E-state index in [-0.39, 0.29) is 28.1 Å². The minimum absolute atomic E-state index is 0. The van der Waals surface area contributed by atoms with E-state index in [0.717, 1.165) is 0 Å². The zero-order chi connectivity index (χ0) is 5.86. The number of hydrogen-bond donors (Lipinski definition) is 0. The van der Waals surface area contributed by atoms with Gasteiger partial charge in [-0.3, -0.25) is 9.59 Å². The molecule has 0 bridgehead atoms. The third kappa shape index (κ3) is 9.10. The molecule has 0 heterocycles. The Morgan fingerprint density at radius 1 is 1.12 bits per heavy atom. The Balaban J connectivity index is 0. The van der Waals surface area contributed by atoms with Gasteiger partial charge in [-0.25, -0.2) is 0 Å². The summed E-state index contributed by atoms with van der Waals surface area (Å²) in [6.45, 7) is 2.81. The van der Waals surface area contributed by atoms with Gasteiger partial charge in [-0.1, -0.05) is 0 Å². The fourth-order valence-electron chi connectivity index (χ4n) is 0.351. The van der Waals surface area contributed by atoms with Crippen LogP contribution in [0.4, 0.5) is 0 Å². The van der Waals surface area contributed by atoms with Crippen molar-refractivity contribution < 1.29 is 9.59 Å². The first kappa shape index (κ1) is 10.5. The molecule has 0 aliphatic rings. The Morgan fingerprint density at radius 2 is 1.38 bits per heavy atom. The van der Waals surface area contributed by atoms with Crippen LogP contribution in [0.5, 0.6) is 0 Å². The Labute approximate surface area is 52.5 Å². The van der Waals surface area contributed by atoms with Gasteiger partial charge in [0.1, 0.15) is 11.6 Å². The fourth-order valence-corrected chi connectivity index (χ4v) is 0.351. The van der Waals surface area contributed by atoms with Crippen LogP contribution < -0.4 is 0 Å². The van der Waals surface area contributed by atoms with E-state index in [1.807, 2.05) is 0 Å². The number of ketones is 2. The van der Waals surface area contributed by atoms with Gasteiger partial charge < -0.3 is 0 Å². The van der Waals surface area contributed by atoms with Gasteiger partial charge in [0.05, 0.1) is 6.42 Å². The van der Waals surface area contributed by atoms with Gasteiger partial charge in [-0.2, -0.15) is 0 Å². The molecule has 44 valence electrons. The molecule has 3 heteroatoms. The zero-order valence-electron chi connectivity index (χ0n) is 4.52. The SMILES string of the molecule is CC(=O)CC(C)=O.[BeH2]. The van der Waals surface area contributed by atoms with Crippen molar-refractivity contribution >= 4 is 21.7 Å². The van der Waals surface area contributed by atoms with Crippen molar-refractivity contribution in [1.82, 2.24) is 0 Å². The summed E-state index contributed by atoms with van der Waals surface area (Å²) in [7, 11) is 0. The van der Waals surface area contributed by atoms with E-state index in [0.29, 0.717) is 0 Å². The van der Waals surface area contributed by atoms with Crippen molar-refractivity contribution in [2.24, 2.45) is 0 Å². The standard InChI is InChI=1S/C5H8O2.Be.2H/c1-4(6)3-5(2)7;;;/h3H2,1-2H3;;;. The van der Waals surface area contributed by atoms with E-state index in [1.54, 1.807) is 0 Å². The van der Waals surface area contributed by atoms with Crippen molar-refractivity contribution in [2.75, 3.05) is 0 Å². The van der Waals surface area contributed by atoms with Crippen LogP contribution in [-0.2, 0) is 9.59 Å². The van der Waals surface area contributed by atoms with Crippen LogP contribution in [0.2, 0.25) is 0 Å². The summed E-state index contributed by atoms with van der Waals surface area (Å²) in [6, 6.07) is 0. The molecule has 0 aromatic rings. The Morgan fingerprint density at radius 3 is 1.38 bits per heavy atom. The van der Waals surface area contributed by atoms with Crippen LogP contribution in [0.15, 0.2) is 0 Å². The summed E-state index contributed by atoms with van der Waals surface area (Å²) in [6.07, 6.45) is 0.0833. The molecule has 8 heavy (non-hydrogen) atoms. The number of rotatable bonds is 2. The molecule has 2 nitrogen and oxygen atoms in total. The van der Waals surface area contributed by atoms with Crippen LogP contribution in [0, 0.1) is 0 Å². The molecule has 0 amide bonds. The van der Waals surface area contributed by atoms with E-state index in [4.69, 9.17) is 0 Å². The molecule has 0 radical (unpaired) electrons. The number of carbonyl (C=O) groups is 2. The van der Waals surface area contributed by atoms with E-state index < -0.39 is 0 Å². The third-order valence-corrected chi connectivity index (χ3v) is 0.498. The summed E-state index contributed by atoms with van der Waals surface area (Å²) in [5.74, 6) is -0.125. The summed E-state index contributed by atoms with van der Waals surface area (Å²) >= 11 is 0. The van der Waals surface area contributed by atoms with Crippen molar-refractivity contribution in [3.8, 4) is 0 Å². The molecule has 0 unspecified atom stereocenters. The maximum atomic E-state index is 10.0. The molecule has 0 saturated carbocycles. The molecule has 0 saturated heterocycles. The second-order valence-corrected chi connectivity index (χ2v) is 1.58. The fraction of sp³-hybridized carbons (Fsp3) is 0.600. The third-order valence-electron chi connectivity index (χ3n) is 0.498. The molecule has 0 rings (SSSR count). The van der Waals surface area contributed by atoms with Crippen molar-refractivity contribution in [3.63, 3.8) is 0 Å². The van der Waals surface area contributed by atoms with Gasteiger partial charge in [0.25, 0.3) is 0 Å². The molecule has 0 aliphatic heterocycles. The number of hydrogen-bond acceptors (Lipinski definition) is 2. The molecule has 0 aromatic carbocycles. The topological polar surface area (TPSA) is 34.1 Å². The van der Waals surface area contributed by atoms with Gasteiger partial charge in [0.15, 0.2) is 0 Å². The van der Waals surface area contributed by atoms with Crippen LogP contribution in [0.1, 0.15) is 20.3 Å². The van der Waals surface area contributed by atoms with E-state index >= 15 is 0 Å². The minimum atomic E-state index is -0.0625. The molecule has 0 spiro atoms. The van der Waals surface area contributed by atoms with Crippen LogP contribution >= 0.6 is 0 Å². The van der Waals surface area contributed by atoms with E-state index in [2.05, 4.69) is 0 Å². The first-order chi connectivity index (χ1) is 3.13. The van der Waals surface area contributed by atoms with Gasteiger partial charge in [-0.05, 0) is 13.8 Å². The van der Waals surface area contributed by atoms with Crippen molar-refractivity contribution in [1.29, 1.82) is 0 Å². The van der Waals surface area contributed by atoms with Gasteiger partial charge in [0.2, 0.25) is 0 Å². The maximum absolute atomic E-state index is 10.0. The molecular weight excluding hydrogens is 101 g/mol. The molecule has 0 atom stereocenters. The summed E-state index contributed by atoms with van der Waals surface area (Å²) in [5.41, 5.74) is 0. The average molecular weight is 111 g/mol. The van der Waals surface area contributed by atoms with Crippen LogP contribution in [-0.4, -0.2) is 21.7 Å². The molecular formula is C5H10BeO2. The summed E-state index contributed by atoms with van der Waals surface area (Å²) in [4.78, 5) is 20.1. The van der Waals surface area contributed by atoms with Gasteiger partial charge >= 0.3 is 10.1 Å². The van der Waals surface area contributed by atoms with Crippen LogP contribution in [0.3, 0.4) is 0 Å². The Bertz CT molecular complexity index is 86.6. The Kier molecular flexibility index (Phi) is 6.11. The second kappa shape index (κ2) is 4.66. The van der Waals surface area contributed by atoms with E-state index in [9.17, 15) is 9.59 Å². The average Bonchev–Trinajstić information content (AvgIpc) is 1.27. The molecule has 0 fully saturated rings. The van der Waals surface area contributed by atoms with Gasteiger partial charge in [0, 0.05) is 0 Å². The predicted molar refractivity (Wildman–Crippen MR) is 34.5 cm³/mol. The monoisotopic (exact) mass is 111 g/mol. The number of Topliss-reactive ketones (excluding diaryl/α,β-unsaturated/α-hetero) is 2. The first-order valence-corrected chi connectivity index (χ1v) is 2.12. The summed E-state index contributed by atoms with van der Waals surface area (Å²) < 4.78 is 0. The molecule has 0 N–H and O–H groups in total. The van der Waals surface area contributed by atoms with Crippen molar-refractivity contribution in [3.05, 3.63) is 0 Å². The van der Waals surface area contributed by atoms with E-state index in [1.165, 1.54) is 13.8 Å². The van der Waals surface area contributed by atoms with Crippen molar-refractivity contribution in [2.45, 2.75) is 20.3 Å². The molecule has 0 aromatic heterocycles.